The summed E-state index contributed by atoms with van der Waals surface area (Å²) in [5.74, 6) is -0.248. The van der Waals surface area contributed by atoms with E-state index in [2.05, 4.69) is 10.3 Å². The second-order valence-corrected chi connectivity index (χ2v) is 2.59. The van der Waals surface area contributed by atoms with E-state index in [1.807, 2.05) is 6.92 Å². The number of carbonyl (C=O) groups excluding carboxylic acids is 1. The Balaban J connectivity index is 2.75. The summed E-state index contributed by atoms with van der Waals surface area (Å²) >= 11 is 5.32. The predicted octanol–water partition coefficient (Wildman–Crippen LogP) is 1.57. The fraction of sp³-hybridized carbons (Fsp3) is 0.250. The van der Waals surface area contributed by atoms with Crippen LogP contribution in [0.1, 0.15) is 5.69 Å². The molecule has 4 heteroatoms. The van der Waals surface area contributed by atoms with Crippen LogP contribution in [0.4, 0.5) is 5.69 Å². The molecule has 1 heterocycles. The highest BCUT2D eigenvalue weighted by Gasteiger charge is 2.01. The Hall–Kier alpha value is -1.09. The molecular weight excluding hydrogens is 176 g/mol. The van der Waals surface area contributed by atoms with Crippen LogP contribution in [0.25, 0.3) is 0 Å². The van der Waals surface area contributed by atoms with Crippen LogP contribution in [-0.4, -0.2) is 16.8 Å². The molecule has 12 heavy (non-hydrogen) atoms. The molecule has 1 rings (SSSR count). The van der Waals surface area contributed by atoms with Gasteiger partial charge in [-0.1, -0.05) is 0 Å². The molecular formula is C8H9ClN2O. The van der Waals surface area contributed by atoms with Crippen molar-refractivity contribution in [2.24, 2.45) is 0 Å². The third-order valence-electron chi connectivity index (χ3n) is 1.40. The first-order valence-corrected chi connectivity index (χ1v) is 4.05. The number of carbonyl (C=O) groups is 1. The van der Waals surface area contributed by atoms with E-state index in [1.54, 1.807) is 18.3 Å². The van der Waals surface area contributed by atoms with Crippen molar-refractivity contribution < 1.29 is 4.79 Å². The normalized spacial score (nSPS) is 9.50. The Morgan fingerprint density at radius 1 is 1.75 bits per heavy atom. The lowest BCUT2D eigenvalue weighted by Crippen LogP contribution is -2.13. The molecule has 0 aliphatic carbocycles. The van der Waals surface area contributed by atoms with Gasteiger partial charge in [-0.15, -0.1) is 11.6 Å². The van der Waals surface area contributed by atoms with Crippen LogP contribution >= 0.6 is 11.6 Å². The first-order valence-electron chi connectivity index (χ1n) is 3.51. The number of anilines is 1. The summed E-state index contributed by atoms with van der Waals surface area (Å²) < 4.78 is 0. The fourth-order valence-electron chi connectivity index (χ4n) is 0.800. The summed E-state index contributed by atoms with van der Waals surface area (Å²) in [7, 11) is 0. The number of aryl methyl sites for hydroxylation is 1. The molecule has 1 aromatic rings. The second-order valence-electron chi connectivity index (χ2n) is 2.32. The summed E-state index contributed by atoms with van der Waals surface area (Å²) in [6, 6.07) is 3.55. The zero-order valence-corrected chi connectivity index (χ0v) is 7.43. The number of halogens is 1. The van der Waals surface area contributed by atoms with Crippen molar-refractivity contribution in [2.75, 3.05) is 11.2 Å². The number of hydrogen-bond donors (Lipinski definition) is 1. The summed E-state index contributed by atoms with van der Waals surface area (Å²) in [6.45, 7) is 1.82. The van der Waals surface area contributed by atoms with Gasteiger partial charge in [0.05, 0.1) is 11.4 Å². The number of nitrogens with one attached hydrogen (secondary N) is 1. The van der Waals surface area contributed by atoms with Gasteiger partial charge in [0, 0.05) is 6.20 Å². The Morgan fingerprint density at radius 2 is 2.50 bits per heavy atom. The van der Waals surface area contributed by atoms with Crippen LogP contribution in [0.3, 0.4) is 0 Å². The van der Waals surface area contributed by atoms with Gasteiger partial charge in [-0.25, -0.2) is 0 Å². The number of pyridine rings is 1. The standard InChI is InChI=1S/C8H9ClN2O/c1-6-7(3-2-4-10-6)11-8(12)5-9/h2-4H,5H2,1H3,(H,11,12). The van der Waals surface area contributed by atoms with Crippen molar-refractivity contribution in [3.05, 3.63) is 24.0 Å². The van der Waals surface area contributed by atoms with E-state index in [0.717, 1.165) is 5.69 Å². The third kappa shape index (κ3) is 2.20. The molecule has 0 radical (unpaired) electrons. The van der Waals surface area contributed by atoms with Gasteiger partial charge in [-0.3, -0.25) is 9.78 Å². The number of amides is 1. The average Bonchev–Trinajstić information content (AvgIpc) is 2.09. The van der Waals surface area contributed by atoms with Crippen LogP contribution in [0.2, 0.25) is 0 Å². The van der Waals surface area contributed by atoms with Crippen molar-refractivity contribution >= 4 is 23.2 Å². The predicted molar refractivity (Wildman–Crippen MR) is 48.3 cm³/mol. The van der Waals surface area contributed by atoms with Crippen LogP contribution in [0.5, 0.6) is 0 Å². The molecule has 1 N–H and O–H groups in total. The maximum atomic E-state index is 10.9. The molecule has 0 aliphatic rings. The first-order chi connectivity index (χ1) is 5.74. The SMILES string of the molecule is Cc1ncccc1NC(=O)CCl. The molecule has 0 unspecified atom stereocenters. The van der Waals surface area contributed by atoms with Crippen molar-refractivity contribution in [1.29, 1.82) is 0 Å². The third-order valence-corrected chi connectivity index (χ3v) is 1.65. The lowest BCUT2D eigenvalue weighted by molar-refractivity contribution is -0.113. The molecule has 3 nitrogen and oxygen atoms in total. The Kier molecular flexibility index (Phi) is 3.05. The molecule has 1 amide bonds. The van der Waals surface area contributed by atoms with Gasteiger partial charge in [0.15, 0.2) is 0 Å². The number of hydrogen-bond acceptors (Lipinski definition) is 2. The molecule has 0 spiro atoms. The van der Waals surface area contributed by atoms with Gasteiger partial charge >= 0.3 is 0 Å². The van der Waals surface area contributed by atoms with Gasteiger partial charge in [-0.2, -0.15) is 0 Å². The number of nitrogens with zero attached hydrogens (tertiary/aromatic N) is 1. The van der Waals surface area contributed by atoms with Crippen molar-refractivity contribution in [2.45, 2.75) is 6.92 Å². The molecule has 0 atom stereocenters. The van der Waals surface area contributed by atoms with Crippen molar-refractivity contribution in [3.8, 4) is 0 Å². The average molecular weight is 185 g/mol. The topological polar surface area (TPSA) is 42.0 Å². The molecule has 0 saturated heterocycles. The maximum absolute atomic E-state index is 10.9. The summed E-state index contributed by atoms with van der Waals surface area (Å²) in [6.07, 6.45) is 1.67. The molecule has 0 saturated carbocycles. The minimum Gasteiger partial charge on any atom is -0.323 e. The van der Waals surface area contributed by atoms with Crippen LogP contribution in [-0.2, 0) is 4.79 Å². The zero-order chi connectivity index (χ0) is 8.97. The minimum absolute atomic E-state index is 0.0334. The number of alkyl halides is 1. The molecule has 0 aliphatic heterocycles. The number of aromatic nitrogens is 1. The highest BCUT2D eigenvalue weighted by Crippen LogP contribution is 2.09. The smallest absolute Gasteiger partial charge is 0.239 e. The lowest BCUT2D eigenvalue weighted by Gasteiger charge is -2.04. The van der Waals surface area contributed by atoms with Gasteiger partial charge in [0.1, 0.15) is 5.88 Å². The zero-order valence-electron chi connectivity index (χ0n) is 6.67. The van der Waals surface area contributed by atoms with Crippen molar-refractivity contribution in [1.82, 2.24) is 4.98 Å². The van der Waals surface area contributed by atoms with E-state index in [9.17, 15) is 4.79 Å². The monoisotopic (exact) mass is 184 g/mol. The van der Waals surface area contributed by atoms with E-state index in [1.165, 1.54) is 0 Å². The number of rotatable bonds is 2. The van der Waals surface area contributed by atoms with E-state index in [4.69, 9.17) is 11.6 Å². The van der Waals surface area contributed by atoms with Crippen LogP contribution < -0.4 is 5.32 Å². The second kappa shape index (κ2) is 4.07. The van der Waals surface area contributed by atoms with E-state index < -0.39 is 0 Å². The molecule has 0 aromatic carbocycles. The van der Waals surface area contributed by atoms with Crippen LogP contribution in [0.15, 0.2) is 18.3 Å². The van der Waals surface area contributed by atoms with E-state index in [0.29, 0.717) is 5.69 Å². The van der Waals surface area contributed by atoms with Gasteiger partial charge in [0.2, 0.25) is 5.91 Å². The molecule has 64 valence electrons. The minimum atomic E-state index is -0.215. The first kappa shape index (κ1) is 9.00. The highest BCUT2D eigenvalue weighted by atomic mass is 35.5. The molecule has 0 bridgehead atoms. The van der Waals surface area contributed by atoms with Gasteiger partial charge < -0.3 is 5.32 Å². The largest absolute Gasteiger partial charge is 0.323 e. The van der Waals surface area contributed by atoms with E-state index in [-0.39, 0.29) is 11.8 Å². The Morgan fingerprint density at radius 3 is 3.08 bits per heavy atom. The highest BCUT2D eigenvalue weighted by molar-refractivity contribution is 6.29. The fourth-order valence-corrected chi connectivity index (χ4v) is 0.867. The molecule has 1 aromatic heterocycles. The molecule has 0 fully saturated rings. The summed E-state index contributed by atoms with van der Waals surface area (Å²) in [5.41, 5.74) is 1.50. The Labute approximate surface area is 75.8 Å². The van der Waals surface area contributed by atoms with Crippen LogP contribution in [0, 0.1) is 6.92 Å². The lowest BCUT2D eigenvalue weighted by atomic mass is 10.3. The maximum Gasteiger partial charge on any atom is 0.239 e. The summed E-state index contributed by atoms with van der Waals surface area (Å²) in [4.78, 5) is 14.9. The van der Waals surface area contributed by atoms with E-state index >= 15 is 0 Å². The van der Waals surface area contributed by atoms with Crippen molar-refractivity contribution in [3.63, 3.8) is 0 Å². The quantitative estimate of drug-likeness (QED) is 0.709. The Bertz CT molecular complexity index is 288. The van der Waals surface area contributed by atoms with Gasteiger partial charge in [-0.05, 0) is 19.1 Å². The van der Waals surface area contributed by atoms with Gasteiger partial charge in [0.25, 0.3) is 0 Å². The summed E-state index contributed by atoms with van der Waals surface area (Å²) in [5, 5.41) is 2.63.